The van der Waals surface area contributed by atoms with Crippen LogP contribution in [-0.4, -0.2) is 41.8 Å². The Labute approximate surface area is 224 Å². The van der Waals surface area contributed by atoms with Gasteiger partial charge in [-0.1, -0.05) is 121 Å². The van der Waals surface area contributed by atoms with E-state index in [1.54, 1.807) is 11.0 Å². The number of nitrogens with zero attached hydrogens (tertiary/aromatic N) is 1. The van der Waals surface area contributed by atoms with Crippen LogP contribution in [0.3, 0.4) is 0 Å². The van der Waals surface area contributed by atoms with Gasteiger partial charge in [-0.05, 0) is 24.1 Å². The number of benzene rings is 1. The minimum absolute atomic E-state index is 0.0244. The number of hydrogen-bond acceptors (Lipinski definition) is 3. The Hall–Kier alpha value is -1.17. The van der Waals surface area contributed by atoms with Crippen LogP contribution in [0.1, 0.15) is 122 Å². The summed E-state index contributed by atoms with van der Waals surface area (Å²) < 4.78 is 19.2. The molecule has 0 spiro atoms. The van der Waals surface area contributed by atoms with E-state index < -0.39 is 11.9 Å². The minimum atomic E-state index is -0.490. The number of halogens is 2. The first-order valence-corrected chi connectivity index (χ1v) is 14.8. The Morgan fingerprint density at radius 2 is 1.42 bits per heavy atom. The van der Waals surface area contributed by atoms with Crippen LogP contribution >= 0.6 is 11.6 Å². The fourth-order valence-corrected chi connectivity index (χ4v) is 4.75. The highest BCUT2D eigenvalue weighted by Gasteiger charge is 2.21. The number of carbonyl (C=O) groups excluding carboxylic acids is 1. The van der Waals surface area contributed by atoms with E-state index in [-0.39, 0.29) is 30.7 Å². The van der Waals surface area contributed by atoms with Gasteiger partial charge in [-0.2, -0.15) is 0 Å². The van der Waals surface area contributed by atoms with Crippen LogP contribution in [0.5, 0.6) is 0 Å². The zero-order chi connectivity index (χ0) is 26.4. The second-order valence-electron chi connectivity index (χ2n) is 10.1. The van der Waals surface area contributed by atoms with Crippen molar-refractivity contribution in [2.75, 3.05) is 19.8 Å². The summed E-state index contributed by atoms with van der Waals surface area (Å²) in [6, 6.07) is 3.96. The van der Waals surface area contributed by atoms with Crippen molar-refractivity contribution in [1.82, 2.24) is 4.90 Å². The highest BCUT2D eigenvalue weighted by molar-refractivity contribution is 6.30. The van der Waals surface area contributed by atoms with Crippen molar-refractivity contribution in [2.45, 2.75) is 129 Å². The first kappa shape index (κ1) is 32.9. The molecule has 0 saturated heterocycles. The molecule has 0 aliphatic carbocycles. The quantitative estimate of drug-likeness (QED) is 0.145. The van der Waals surface area contributed by atoms with E-state index in [1.807, 2.05) is 0 Å². The van der Waals surface area contributed by atoms with Crippen molar-refractivity contribution in [3.05, 3.63) is 34.6 Å². The molecule has 208 valence electrons. The van der Waals surface area contributed by atoms with E-state index in [0.717, 1.165) is 12.8 Å². The third kappa shape index (κ3) is 15.8. The molecule has 1 atom stereocenters. The smallest absolute Gasteiger partial charge is 0.220 e. The molecule has 36 heavy (non-hydrogen) atoms. The standard InChI is InChI=1S/C30H51ClFNO3/c1-3-4-5-6-7-8-9-10-11-12-13-14-15-16-17-18-21-36-25-28(24-34)33(26(2)35)23-27-19-20-30(32)29(31)22-27/h19-20,22,28,34H,3-18,21,23-25H2,1-2H3/t28-/m0/s1. The predicted octanol–water partition coefficient (Wildman–Crippen LogP) is 8.47. The molecule has 0 bridgehead atoms. The SMILES string of the molecule is CCCCCCCCCCCCCCCCCCOC[C@H](CO)N(Cc1ccc(F)c(Cl)c1)C(C)=O. The summed E-state index contributed by atoms with van der Waals surface area (Å²) >= 11 is 5.86. The van der Waals surface area contributed by atoms with Crippen molar-refractivity contribution < 1.29 is 19.0 Å². The zero-order valence-corrected chi connectivity index (χ0v) is 23.7. The van der Waals surface area contributed by atoms with E-state index in [9.17, 15) is 14.3 Å². The highest BCUT2D eigenvalue weighted by atomic mass is 35.5. The first-order chi connectivity index (χ1) is 17.5. The predicted molar refractivity (Wildman–Crippen MR) is 149 cm³/mol. The van der Waals surface area contributed by atoms with Crippen molar-refractivity contribution >= 4 is 17.5 Å². The maximum Gasteiger partial charge on any atom is 0.220 e. The third-order valence-corrected chi connectivity index (χ3v) is 7.14. The summed E-state index contributed by atoms with van der Waals surface area (Å²) in [6.45, 7) is 4.71. The van der Waals surface area contributed by atoms with Gasteiger partial charge in [-0.3, -0.25) is 4.79 Å². The molecule has 1 N–H and O–H groups in total. The van der Waals surface area contributed by atoms with E-state index in [2.05, 4.69) is 6.92 Å². The molecule has 1 amide bonds. The first-order valence-electron chi connectivity index (χ1n) is 14.4. The van der Waals surface area contributed by atoms with E-state index in [0.29, 0.717) is 12.2 Å². The fourth-order valence-electron chi connectivity index (χ4n) is 4.55. The van der Waals surface area contributed by atoms with Gasteiger partial charge in [0.25, 0.3) is 0 Å². The van der Waals surface area contributed by atoms with Crippen molar-refractivity contribution in [3.8, 4) is 0 Å². The molecular weight excluding hydrogens is 477 g/mol. The molecular formula is C30H51ClFNO3. The van der Waals surface area contributed by atoms with Crippen LogP contribution in [0.25, 0.3) is 0 Å². The molecule has 0 radical (unpaired) electrons. The maximum atomic E-state index is 13.4. The van der Waals surface area contributed by atoms with Gasteiger partial charge >= 0.3 is 0 Å². The maximum absolute atomic E-state index is 13.4. The summed E-state index contributed by atoms with van der Waals surface area (Å²) in [5.74, 6) is -0.656. The molecule has 0 heterocycles. The lowest BCUT2D eigenvalue weighted by atomic mass is 10.0. The average molecular weight is 528 g/mol. The molecule has 6 heteroatoms. The van der Waals surface area contributed by atoms with Gasteiger partial charge in [0.05, 0.1) is 24.3 Å². The van der Waals surface area contributed by atoms with Crippen LogP contribution in [0.2, 0.25) is 5.02 Å². The Morgan fingerprint density at radius 1 is 0.917 bits per heavy atom. The van der Waals surface area contributed by atoms with Crippen LogP contribution in [0.4, 0.5) is 4.39 Å². The number of amides is 1. The molecule has 0 unspecified atom stereocenters. The summed E-state index contributed by atoms with van der Waals surface area (Å²) in [5.41, 5.74) is 0.716. The van der Waals surface area contributed by atoms with Gasteiger partial charge in [0.1, 0.15) is 5.82 Å². The van der Waals surface area contributed by atoms with Gasteiger partial charge in [0.2, 0.25) is 5.91 Å². The summed E-state index contributed by atoms with van der Waals surface area (Å²) in [6.07, 6.45) is 21.3. The third-order valence-electron chi connectivity index (χ3n) is 6.85. The second-order valence-corrected chi connectivity index (χ2v) is 10.5. The molecule has 0 fully saturated rings. The Bertz CT molecular complexity index is 688. The van der Waals surface area contributed by atoms with Gasteiger partial charge in [-0.15, -0.1) is 0 Å². The summed E-state index contributed by atoms with van der Waals surface area (Å²) in [5, 5.41) is 9.83. The normalized spacial score (nSPS) is 12.1. The van der Waals surface area contributed by atoms with Gasteiger partial charge in [-0.25, -0.2) is 4.39 Å². The number of unbranched alkanes of at least 4 members (excludes halogenated alkanes) is 15. The zero-order valence-electron chi connectivity index (χ0n) is 22.9. The Morgan fingerprint density at radius 3 is 1.86 bits per heavy atom. The van der Waals surface area contributed by atoms with E-state index >= 15 is 0 Å². The van der Waals surface area contributed by atoms with Crippen LogP contribution in [0, 0.1) is 5.82 Å². The van der Waals surface area contributed by atoms with Crippen LogP contribution in [0.15, 0.2) is 18.2 Å². The molecule has 0 aliphatic rings. The topological polar surface area (TPSA) is 49.8 Å². The lowest BCUT2D eigenvalue weighted by Crippen LogP contribution is -2.43. The van der Waals surface area contributed by atoms with E-state index in [4.69, 9.17) is 16.3 Å². The molecule has 0 aliphatic heterocycles. The van der Waals surface area contributed by atoms with E-state index in [1.165, 1.54) is 109 Å². The number of carbonyl (C=O) groups is 1. The second kappa shape index (κ2) is 21.9. The molecule has 1 aromatic rings. The Kier molecular flexibility index (Phi) is 20.0. The average Bonchev–Trinajstić information content (AvgIpc) is 2.86. The number of rotatable bonds is 23. The molecule has 0 saturated carbocycles. The summed E-state index contributed by atoms with van der Waals surface area (Å²) in [4.78, 5) is 13.7. The number of aliphatic hydroxyl groups excluding tert-OH is 1. The molecule has 1 rings (SSSR count). The highest BCUT2D eigenvalue weighted by Crippen LogP contribution is 2.19. The Balaban J connectivity index is 2.04. The lowest BCUT2D eigenvalue weighted by Gasteiger charge is -2.29. The van der Waals surface area contributed by atoms with Crippen molar-refractivity contribution in [1.29, 1.82) is 0 Å². The monoisotopic (exact) mass is 527 g/mol. The summed E-state index contributed by atoms with van der Waals surface area (Å²) in [7, 11) is 0. The van der Waals surface area contributed by atoms with Crippen LogP contribution < -0.4 is 0 Å². The van der Waals surface area contributed by atoms with Gasteiger partial charge < -0.3 is 14.7 Å². The van der Waals surface area contributed by atoms with Crippen molar-refractivity contribution in [2.24, 2.45) is 0 Å². The van der Waals surface area contributed by atoms with Crippen molar-refractivity contribution in [3.63, 3.8) is 0 Å². The number of ether oxygens (including phenoxy) is 1. The van der Waals surface area contributed by atoms with Gasteiger partial charge in [0, 0.05) is 20.1 Å². The van der Waals surface area contributed by atoms with Gasteiger partial charge in [0.15, 0.2) is 0 Å². The fraction of sp³-hybridized carbons (Fsp3) is 0.767. The number of hydrogen-bond donors (Lipinski definition) is 1. The molecule has 4 nitrogen and oxygen atoms in total. The minimum Gasteiger partial charge on any atom is -0.394 e. The molecule has 1 aromatic carbocycles. The number of aliphatic hydroxyl groups is 1. The van der Waals surface area contributed by atoms with Crippen LogP contribution in [-0.2, 0) is 16.1 Å². The molecule has 0 aromatic heterocycles. The lowest BCUT2D eigenvalue weighted by molar-refractivity contribution is -0.134. The largest absolute Gasteiger partial charge is 0.394 e.